The van der Waals surface area contributed by atoms with Gasteiger partial charge >= 0.3 is 0 Å². The second-order valence-electron chi connectivity index (χ2n) is 4.98. The van der Waals surface area contributed by atoms with E-state index in [2.05, 4.69) is 15.5 Å². The molecule has 1 N–H and O–H groups in total. The van der Waals surface area contributed by atoms with Crippen molar-refractivity contribution in [3.05, 3.63) is 35.5 Å². The van der Waals surface area contributed by atoms with Crippen LogP contribution in [0.25, 0.3) is 0 Å². The molecule has 0 spiro atoms. The number of hydrogen-bond donors (Lipinski definition) is 1. The number of hydrogen-bond acceptors (Lipinski definition) is 7. The van der Waals surface area contributed by atoms with Crippen LogP contribution >= 0.6 is 0 Å². The van der Waals surface area contributed by atoms with Crippen LogP contribution in [0.1, 0.15) is 23.4 Å². The highest BCUT2D eigenvalue weighted by Gasteiger charge is 2.22. The molecule has 0 radical (unpaired) electrons. The Morgan fingerprint density at radius 3 is 2.86 bits per heavy atom. The van der Waals surface area contributed by atoms with Crippen LogP contribution in [0.4, 0.5) is 0 Å². The smallest absolute Gasteiger partial charge is 0.257 e. The van der Waals surface area contributed by atoms with Crippen molar-refractivity contribution in [2.45, 2.75) is 12.5 Å². The molecular weight excluding hydrogens is 286 g/mol. The lowest BCUT2D eigenvalue weighted by molar-refractivity contribution is 0.00755. The molecule has 7 heteroatoms. The zero-order chi connectivity index (χ0) is 15.4. The second-order valence-corrected chi connectivity index (χ2v) is 4.98. The van der Waals surface area contributed by atoms with Crippen LogP contribution in [0.3, 0.4) is 0 Å². The van der Waals surface area contributed by atoms with E-state index in [9.17, 15) is 0 Å². The molecule has 1 atom stereocenters. The van der Waals surface area contributed by atoms with Gasteiger partial charge < -0.3 is 24.1 Å². The van der Waals surface area contributed by atoms with E-state index < -0.39 is 0 Å². The minimum absolute atomic E-state index is 0.166. The highest BCUT2D eigenvalue weighted by molar-refractivity contribution is 5.43. The van der Waals surface area contributed by atoms with E-state index in [0.717, 1.165) is 12.1 Å². The molecule has 0 amide bonds. The van der Waals surface area contributed by atoms with Gasteiger partial charge in [0.1, 0.15) is 6.10 Å². The lowest BCUT2D eigenvalue weighted by atomic mass is 10.1. The lowest BCUT2D eigenvalue weighted by Crippen LogP contribution is -2.33. The van der Waals surface area contributed by atoms with Gasteiger partial charge in [-0.1, -0.05) is 11.2 Å². The standard InChI is InChI=1S/C15H19N3O4/c1-19-11-4-3-10(7-12(11)20-2)8-14-17-15(22-18-14)13-9-16-5-6-21-13/h3-4,7,13,16H,5-6,8-9H2,1-2H3. The van der Waals surface area contributed by atoms with E-state index in [1.54, 1.807) is 14.2 Å². The summed E-state index contributed by atoms with van der Waals surface area (Å²) in [5.74, 6) is 2.52. The highest BCUT2D eigenvalue weighted by Crippen LogP contribution is 2.28. The summed E-state index contributed by atoms with van der Waals surface area (Å²) in [6.45, 7) is 2.19. The normalized spacial score (nSPS) is 18.2. The highest BCUT2D eigenvalue weighted by atomic mass is 16.5. The Balaban J connectivity index is 1.72. The van der Waals surface area contributed by atoms with Crippen molar-refractivity contribution in [2.24, 2.45) is 0 Å². The first-order chi connectivity index (χ1) is 10.8. The molecule has 3 rings (SSSR count). The van der Waals surface area contributed by atoms with E-state index in [1.165, 1.54) is 0 Å². The van der Waals surface area contributed by atoms with Gasteiger partial charge in [0.05, 0.1) is 20.8 Å². The molecule has 1 aliphatic heterocycles. The van der Waals surface area contributed by atoms with E-state index in [1.807, 2.05) is 18.2 Å². The van der Waals surface area contributed by atoms with Gasteiger partial charge in [-0.15, -0.1) is 0 Å². The average Bonchev–Trinajstić information content (AvgIpc) is 3.04. The van der Waals surface area contributed by atoms with Crippen molar-refractivity contribution in [1.29, 1.82) is 0 Å². The fourth-order valence-electron chi connectivity index (χ4n) is 2.37. The van der Waals surface area contributed by atoms with E-state index in [0.29, 0.717) is 42.8 Å². The largest absolute Gasteiger partial charge is 0.493 e. The van der Waals surface area contributed by atoms with E-state index in [4.69, 9.17) is 18.7 Å². The van der Waals surface area contributed by atoms with Gasteiger partial charge in [-0.25, -0.2) is 0 Å². The SMILES string of the molecule is COc1ccc(Cc2noc(C3CNCCO3)n2)cc1OC. The van der Waals surface area contributed by atoms with Gasteiger partial charge in [0, 0.05) is 19.5 Å². The monoisotopic (exact) mass is 305 g/mol. The van der Waals surface area contributed by atoms with E-state index in [-0.39, 0.29) is 6.10 Å². The Kier molecular flexibility index (Phi) is 4.55. The molecule has 118 valence electrons. The van der Waals surface area contributed by atoms with E-state index >= 15 is 0 Å². The molecule has 1 aliphatic rings. The summed E-state index contributed by atoms with van der Waals surface area (Å²) in [4.78, 5) is 4.41. The maximum absolute atomic E-state index is 5.60. The quantitative estimate of drug-likeness (QED) is 0.893. The number of rotatable bonds is 5. The first-order valence-corrected chi connectivity index (χ1v) is 7.16. The average molecular weight is 305 g/mol. The van der Waals surface area contributed by atoms with Crippen LogP contribution in [-0.4, -0.2) is 44.1 Å². The molecule has 1 unspecified atom stereocenters. The number of ether oxygens (including phenoxy) is 3. The third kappa shape index (κ3) is 3.20. The molecule has 1 saturated heterocycles. The van der Waals surface area contributed by atoms with Gasteiger partial charge in [0.15, 0.2) is 17.3 Å². The van der Waals surface area contributed by atoms with Crippen molar-refractivity contribution in [2.75, 3.05) is 33.9 Å². The first-order valence-electron chi connectivity index (χ1n) is 7.16. The molecule has 0 bridgehead atoms. The Morgan fingerprint density at radius 2 is 2.14 bits per heavy atom. The molecule has 22 heavy (non-hydrogen) atoms. The Hall–Kier alpha value is -2.12. The summed E-state index contributed by atoms with van der Waals surface area (Å²) in [7, 11) is 3.22. The summed E-state index contributed by atoms with van der Waals surface area (Å²) in [6, 6.07) is 5.73. The maximum Gasteiger partial charge on any atom is 0.257 e. The van der Waals surface area contributed by atoms with Crippen molar-refractivity contribution in [3.8, 4) is 11.5 Å². The molecule has 0 saturated carbocycles. The fraction of sp³-hybridized carbons (Fsp3) is 0.467. The second kappa shape index (κ2) is 6.76. The predicted octanol–water partition coefficient (Wildman–Crippen LogP) is 1.34. The number of nitrogens with zero attached hydrogens (tertiary/aromatic N) is 2. The predicted molar refractivity (Wildman–Crippen MR) is 78.2 cm³/mol. The number of methoxy groups -OCH3 is 2. The minimum Gasteiger partial charge on any atom is -0.493 e. The molecule has 0 aliphatic carbocycles. The fourth-order valence-corrected chi connectivity index (χ4v) is 2.37. The number of nitrogens with one attached hydrogen (secondary N) is 1. The zero-order valence-electron chi connectivity index (χ0n) is 12.7. The zero-order valence-corrected chi connectivity index (χ0v) is 12.7. The molecule has 1 aromatic heterocycles. The Morgan fingerprint density at radius 1 is 1.27 bits per heavy atom. The summed E-state index contributed by atoms with van der Waals surface area (Å²) in [5, 5.41) is 7.26. The molecule has 2 heterocycles. The van der Waals surface area contributed by atoms with Crippen LogP contribution in [0.15, 0.2) is 22.7 Å². The minimum atomic E-state index is -0.166. The number of aromatic nitrogens is 2. The van der Waals surface area contributed by atoms with Crippen LogP contribution in [0.5, 0.6) is 11.5 Å². The maximum atomic E-state index is 5.60. The third-order valence-electron chi connectivity index (χ3n) is 3.50. The summed E-state index contributed by atoms with van der Waals surface area (Å²) < 4.78 is 21.4. The van der Waals surface area contributed by atoms with Crippen LogP contribution < -0.4 is 14.8 Å². The van der Waals surface area contributed by atoms with Crippen LogP contribution in [0, 0.1) is 0 Å². The Bertz CT molecular complexity index is 623. The van der Waals surface area contributed by atoms with Gasteiger partial charge in [-0.2, -0.15) is 4.98 Å². The first kappa shape index (κ1) is 14.8. The molecule has 1 fully saturated rings. The van der Waals surface area contributed by atoms with Crippen molar-refractivity contribution < 1.29 is 18.7 Å². The third-order valence-corrected chi connectivity index (χ3v) is 3.50. The van der Waals surface area contributed by atoms with Crippen molar-refractivity contribution in [1.82, 2.24) is 15.5 Å². The summed E-state index contributed by atoms with van der Waals surface area (Å²) in [5.41, 5.74) is 1.02. The molecule has 2 aromatic rings. The number of benzene rings is 1. The van der Waals surface area contributed by atoms with Crippen molar-refractivity contribution >= 4 is 0 Å². The lowest BCUT2D eigenvalue weighted by Gasteiger charge is -2.19. The van der Waals surface area contributed by atoms with Gasteiger partial charge in [0.25, 0.3) is 5.89 Å². The van der Waals surface area contributed by atoms with Crippen LogP contribution in [-0.2, 0) is 11.2 Å². The number of morpholine rings is 1. The molecule has 7 nitrogen and oxygen atoms in total. The van der Waals surface area contributed by atoms with Gasteiger partial charge in [0.2, 0.25) is 0 Å². The Labute approximate surface area is 128 Å². The topological polar surface area (TPSA) is 78.6 Å². The van der Waals surface area contributed by atoms with Gasteiger partial charge in [-0.3, -0.25) is 0 Å². The molecule has 1 aromatic carbocycles. The summed E-state index contributed by atoms with van der Waals surface area (Å²) in [6.07, 6.45) is 0.393. The van der Waals surface area contributed by atoms with Gasteiger partial charge in [-0.05, 0) is 17.7 Å². The van der Waals surface area contributed by atoms with Crippen LogP contribution in [0.2, 0.25) is 0 Å². The molecular formula is C15H19N3O4. The van der Waals surface area contributed by atoms with Crippen molar-refractivity contribution in [3.63, 3.8) is 0 Å². The summed E-state index contributed by atoms with van der Waals surface area (Å²) >= 11 is 0.